The molecule has 2 heterocycles. The van der Waals surface area contributed by atoms with E-state index in [1.807, 2.05) is 12.1 Å². The maximum atomic E-state index is 13.2. The average molecular weight is 394 g/mol. The first-order chi connectivity index (χ1) is 13.7. The van der Waals surface area contributed by atoms with Gasteiger partial charge in [0.15, 0.2) is 5.65 Å². The van der Waals surface area contributed by atoms with Gasteiger partial charge in [-0.05, 0) is 42.0 Å². The molecule has 0 spiro atoms. The highest BCUT2D eigenvalue weighted by molar-refractivity contribution is 7.98. The van der Waals surface area contributed by atoms with Crippen LogP contribution in [0.3, 0.4) is 0 Å². The van der Waals surface area contributed by atoms with Gasteiger partial charge in [0.25, 0.3) is 0 Å². The number of esters is 1. The van der Waals surface area contributed by atoms with Crippen molar-refractivity contribution >= 4 is 28.8 Å². The van der Waals surface area contributed by atoms with Crippen molar-refractivity contribution in [1.82, 2.24) is 19.7 Å². The molecule has 0 atom stereocenters. The highest BCUT2D eigenvalue weighted by atomic mass is 32.2. The van der Waals surface area contributed by atoms with Crippen molar-refractivity contribution in [3.8, 4) is 5.69 Å². The van der Waals surface area contributed by atoms with E-state index in [0.717, 1.165) is 21.7 Å². The van der Waals surface area contributed by atoms with E-state index in [-0.39, 0.29) is 11.8 Å². The van der Waals surface area contributed by atoms with Crippen LogP contribution in [-0.4, -0.2) is 32.8 Å². The molecule has 0 aliphatic heterocycles. The van der Waals surface area contributed by atoms with Crippen LogP contribution >= 0.6 is 11.8 Å². The third kappa shape index (κ3) is 3.59. The predicted molar refractivity (Wildman–Crippen MR) is 104 cm³/mol. The Hall–Kier alpha value is -3.26. The van der Waals surface area contributed by atoms with Crippen LogP contribution in [-0.2, 0) is 10.5 Å². The van der Waals surface area contributed by atoms with Gasteiger partial charge in [-0.25, -0.2) is 23.8 Å². The molecule has 0 N–H and O–H groups in total. The molecule has 140 valence electrons. The Morgan fingerprint density at radius 3 is 2.79 bits per heavy atom. The lowest BCUT2D eigenvalue weighted by molar-refractivity contribution is 0.0600. The number of aromatic nitrogens is 4. The topological polar surface area (TPSA) is 69.9 Å². The number of methoxy groups -OCH3 is 1. The maximum absolute atomic E-state index is 13.2. The van der Waals surface area contributed by atoms with E-state index in [0.29, 0.717) is 17.0 Å². The Kier molecular flexibility index (Phi) is 5.03. The Morgan fingerprint density at radius 2 is 2.00 bits per heavy atom. The van der Waals surface area contributed by atoms with E-state index in [1.165, 1.54) is 37.3 Å². The highest BCUT2D eigenvalue weighted by Crippen LogP contribution is 2.28. The van der Waals surface area contributed by atoms with Gasteiger partial charge in [-0.15, -0.1) is 11.8 Å². The molecule has 0 aliphatic rings. The number of nitrogens with zero attached hydrogens (tertiary/aromatic N) is 4. The van der Waals surface area contributed by atoms with E-state index in [2.05, 4.69) is 15.1 Å². The van der Waals surface area contributed by atoms with Crippen molar-refractivity contribution in [3.63, 3.8) is 0 Å². The minimum Gasteiger partial charge on any atom is -0.465 e. The molecule has 4 rings (SSSR count). The van der Waals surface area contributed by atoms with Gasteiger partial charge >= 0.3 is 5.97 Å². The quantitative estimate of drug-likeness (QED) is 0.289. The van der Waals surface area contributed by atoms with Crippen LogP contribution in [0.5, 0.6) is 0 Å². The van der Waals surface area contributed by atoms with Crippen molar-refractivity contribution in [2.45, 2.75) is 10.8 Å². The molecule has 2 aromatic carbocycles. The summed E-state index contributed by atoms with van der Waals surface area (Å²) in [5.74, 6) is -0.0456. The van der Waals surface area contributed by atoms with Crippen LogP contribution in [0, 0.1) is 5.82 Å². The van der Waals surface area contributed by atoms with Crippen LogP contribution in [0.4, 0.5) is 4.39 Å². The maximum Gasteiger partial charge on any atom is 0.337 e. The molecule has 2 aromatic heterocycles. The molecule has 0 saturated carbocycles. The largest absolute Gasteiger partial charge is 0.465 e. The van der Waals surface area contributed by atoms with E-state index in [9.17, 15) is 9.18 Å². The molecule has 0 amide bonds. The molecule has 6 nitrogen and oxygen atoms in total. The summed E-state index contributed by atoms with van der Waals surface area (Å²) in [5, 5.41) is 5.96. The monoisotopic (exact) mass is 394 g/mol. The molecular formula is C20H15FN4O2S. The third-order valence-corrected chi connectivity index (χ3v) is 5.20. The Bertz CT molecular complexity index is 1140. The molecule has 8 heteroatoms. The van der Waals surface area contributed by atoms with Gasteiger partial charge in [-0.3, -0.25) is 0 Å². The highest BCUT2D eigenvalue weighted by Gasteiger charge is 2.12. The van der Waals surface area contributed by atoms with Crippen LogP contribution in [0.25, 0.3) is 16.7 Å². The van der Waals surface area contributed by atoms with Crippen molar-refractivity contribution in [3.05, 3.63) is 78.0 Å². The van der Waals surface area contributed by atoms with Gasteiger partial charge in [0.05, 0.1) is 29.9 Å². The summed E-state index contributed by atoms with van der Waals surface area (Å²) >= 11 is 1.53. The smallest absolute Gasteiger partial charge is 0.337 e. The molecule has 0 unspecified atom stereocenters. The van der Waals surface area contributed by atoms with E-state index < -0.39 is 0 Å². The van der Waals surface area contributed by atoms with E-state index >= 15 is 0 Å². The second-order valence-electron chi connectivity index (χ2n) is 5.93. The summed E-state index contributed by atoms with van der Waals surface area (Å²) < 4.78 is 19.6. The fraction of sp³-hybridized carbons (Fsp3) is 0.100. The normalized spacial score (nSPS) is 10.9. The van der Waals surface area contributed by atoms with Crippen LogP contribution < -0.4 is 0 Å². The van der Waals surface area contributed by atoms with Gasteiger partial charge in [0.1, 0.15) is 17.2 Å². The van der Waals surface area contributed by atoms with Crippen molar-refractivity contribution < 1.29 is 13.9 Å². The summed E-state index contributed by atoms with van der Waals surface area (Å²) in [4.78, 5) is 20.4. The molecule has 0 radical (unpaired) electrons. The van der Waals surface area contributed by atoms with Gasteiger partial charge in [-0.2, -0.15) is 5.10 Å². The summed E-state index contributed by atoms with van der Waals surface area (Å²) in [6.45, 7) is 0. The lowest BCUT2D eigenvalue weighted by atomic mass is 10.1. The summed E-state index contributed by atoms with van der Waals surface area (Å²) in [6.07, 6.45) is 3.18. The number of carbonyl (C=O) groups excluding carboxylic acids is 1. The lowest BCUT2D eigenvalue weighted by Gasteiger charge is -2.06. The second kappa shape index (κ2) is 7.77. The van der Waals surface area contributed by atoms with E-state index in [1.54, 1.807) is 35.1 Å². The number of carbonyl (C=O) groups is 1. The Labute approximate surface area is 164 Å². The zero-order valence-electron chi connectivity index (χ0n) is 14.9. The van der Waals surface area contributed by atoms with Crippen LogP contribution in [0.2, 0.25) is 0 Å². The number of fused-ring (bicyclic) bond motifs is 1. The fourth-order valence-electron chi connectivity index (χ4n) is 2.77. The lowest BCUT2D eigenvalue weighted by Crippen LogP contribution is -2.01. The number of halogens is 1. The predicted octanol–water partition coefficient (Wildman–Crippen LogP) is 4.03. The molecule has 0 aliphatic carbocycles. The number of thioether (sulfide) groups is 1. The summed E-state index contributed by atoms with van der Waals surface area (Å²) in [6, 6.07) is 13.4. The minimum absolute atomic E-state index is 0.305. The number of hydrogen-bond donors (Lipinski definition) is 0. The Balaban J connectivity index is 1.60. The number of ether oxygens (including phenoxy) is 1. The number of rotatable bonds is 5. The first-order valence-corrected chi connectivity index (χ1v) is 9.39. The van der Waals surface area contributed by atoms with Gasteiger partial charge in [-0.1, -0.05) is 12.1 Å². The zero-order chi connectivity index (χ0) is 19.5. The average Bonchev–Trinajstić information content (AvgIpc) is 3.17. The number of benzene rings is 2. The van der Waals surface area contributed by atoms with Crippen molar-refractivity contribution in [2.75, 3.05) is 7.11 Å². The minimum atomic E-state index is -0.364. The summed E-state index contributed by atoms with van der Waals surface area (Å²) in [7, 11) is 1.36. The van der Waals surface area contributed by atoms with Crippen molar-refractivity contribution in [1.29, 1.82) is 0 Å². The molecule has 0 bridgehead atoms. The molecule has 28 heavy (non-hydrogen) atoms. The summed E-state index contributed by atoms with van der Waals surface area (Å²) in [5.41, 5.74) is 2.85. The van der Waals surface area contributed by atoms with Gasteiger partial charge in [0, 0.05) is 5.75 Å². The Morgan fingerprint density at radius 1 is 1.18 bits per heavy atom. The van der Waals surface area contributed by atoms with E-state index in [4.69, 9.17) is 4.74 Å². The first-order valence-electron chi connectivity index (χ1n) is 8.40. The molecule has 0 fully saturated rings. The molecule has 4 aromatic rings. The van der Waals surface area contributed by atoms with Crippen LogP contribution in [0.15, 0.2) is 66.1 Å². The van der Waals surface area contributed by atoms with Gasteiger partial charge in [0.2, 0.25) is 0 Å². The molecule has 0 saturated heterocycles. The van der Waals surface area contributed by atoms with Crippen LogP contribution in [0.1, 0.15) is 15.9 Å². The fourth-order valence-corrected chi connectivity index (χ4v) is 3.67. The first kappa shape index (κ1) is 18.1. The second-order valence-corrected chi connectivity index (χ2v) is 6.89. The van der Waals surface area contributed by atoms with Crippen molar-refractivity contribution in [2.24, 2.45) is 0 Å². The molecular weight excluding hydrogens is 379 g/mol. The standard InChI is InChI=1S/C20H15FN4O2S/c1-27-20(26)14-4-2-3-13(9-14)11-28-19-17-10-24-25(18(17)22-12-23-19)16-7-5-15(21)6-8-16/h2-10,12H,11H2,1H3. The third-order valence-electron chi connectivity index (χ3n) is 4.12. The number of hydrogen-bond acceptors (Lipinski definition) is 6. The SMILES string of the molecule is COC(=O)c1cccc(CSc2ncnc3c2cnn3-c2ccc(F)cc2)c1. The zero-order valence-corrected chi connectivity index (χ0v) is 15.7. The van der Waals surface area contributed by atoms with Gasteiger partial charge < -0.3 is 4.74 Å².